The summed E-state index contributed by atoms with van der Waals surface area (Å²) in [5, 5.41) is 11.1. The van der Waals surface area contributed by atoms with Gasteiger partial charge in [0.05, 0.1) is 0 Å². The van der Waals surface area contributed by atoms with E-state index in [9.17, 15) is 14.4 Å². The molecular formula is C21H21N3O5. The molecule has 2 aromatic carbocycles. The van der Waals surface area contributed by atoms with Crippen molar-refractivity contribution < 1.29 is 24.3 Å². The van der Waals surface area contributed by atoms with Gasteiger partial charge in [-0.05, 0) is 36.4 Å². The van der Waals surface area contributed by atoms with E-state index in [4.69, 9.17) is 9.94 Å². The van der Waals surface area contributed by atoms with E-state index in [1.54, 1.807) is 12.1 Å². The van der Waals surface area contributed by atoms with Crippen LogP contribution in [0.15, 0.2) is 54.6 Å². The molecule has 0 aliphatic carbocycles. The fourth-order valence-corrected chi connectivity index (χ4v) is 2.46. The van der Waals surface area contributed by atoms with Gasteiger partial charge < -0.3 is 15.0 Å². The number of hydrogen-bond acceptors (Lipinski definition) is 5. The quantitative estimate of drug-likeness (QED) is 0.290. The number of amides is 3. The molecule has 8 nitrogen and oxygen atoms in total. The summed E-state index contributed by atoms with van der Waals surface area (Å²) in [5.74, 6) is 4.07. The van der Waals surface area contributed by atoms with E-state index in [0.717, 1.165) is 10.5 Å². The highest BCUT2D eigenvalue weighted by Gasteiger charge is 2.33. The average molecular weight is 395 g/mol. The van der Waals surface area contributed by atoms with Crippen LogP contribution >= 0.6 is 0 Å². The van der Waals surface area contributed by atoms with E-state index in [1.807, 2.05) is 30.3 Å². The maximum absolute atomic E-state index is 12.6. The zero-order valence-electron chi connectivity index (χ0n) is 16.0. The van der Waals surface area contributed by atoms with Crippen LogP contribution in [0.5, 0.6) is 5.75 Å². The van der Waals surface area contributed by atoms with Crippen LogP contribution in [0.3, 0.4) is 0 Å². The van der Waals surface area contributed by atoms with Gasteiger partial charge in [-0.1, -0.05) is 30.0 Å². The number of benzene rings is 2. The van der Waals surface area contributed by atoms with Gasteiger partial charge in [-0.3, -0.25) is 19.6 Å². The number of carbonyl (C=O) groups is 3. The molecule has 0 fully saturated rings. The second-order valence-electron chi connectivity index (χ2n) is 5.89. The maximum Gasteiger partial charge on any atom is 0.275 e. The summed E-state index contributed by atoms with van der Waals surface area (Å²) in [6, 6.07) is 14.2. The van der Waals surface area contributed by atoms with Gasteiger partial charge in [0.15, 0.2) is 6.04 Å². The average Bonchev–Trinajstić information content (AvgIpc) is 2.77. The largest absolute Gasteiger partial charge is 0.481 e. The molecule has 0 aromatic heterocycles. The summed E-state index contributed by atoms with van der Waals surface area (Å²) in [6.07, 6.45) is 0. The predicted octanol–water partition coefficient (Wildman–Crippen LogP) is 0.809. The minimum atomic E-state index is -1.51. The highest BCUT2D eigenvalue weighted by atomic mass is 16.5. The molecule has 2 aromatic rings. The zero-order valence-corrected chi connectivity index (χ0v) is 16.0. The molecular weight excluding hydrogens is 374 g/mol. The Morgan fingerprint density at radius 1 is 1.07 bits per heavy atom. The van der Waals surface area contributed by atoms with Gasteiger partial charge in [0.1, 0.15) is 12.4 Å². The molecule has 1 atom stereocenters. The van der Waals surface area contributed by atoms with E-state index in [2.05, 4.69) is 17.2 Å². The van der Waals surface area contributed by atoms with Gasteiger partial charge in [-0.15, -0.1) is 0 Å². The van der Waals surface area contributed by atoms with E-state index in [-0.39, 0.29) is 12.2 Å². The highest BCUT2D eigenvalue weighted by molar-refractivity contribution is 6.08. The Bertz CT molecular complexity index is 901. The van der Waals surface area contributed by atoms with Crippen LogP contribution in [0, 0.1) is 11.8 Å². The Balaban J connectivity index is 2.01. The smallest absolute Gasteiger partial charge is 0.275 e. The summed E-state index contributed by atoms with van der Waals surface area (Å²) >= 11 is 0. The molecule has 29 heavy (non-hydrogen) atoms. The normalized spacial score (nSPS) is 10.7. The van der Waals surface area contributed by atoms with Crippen LogP contribution in [0.25, 0.3) is 0 Å². The molecule has 0 saturated heterocycles. The van der Waals surface area contributed by atoms with Gasteiger partial charge in [-0.25, -0.2) is 5.48 Å². The van der Waals surface area contributed by atoms with Crippen molar-refractivity contribution >= 4 is 17.7 Å². The molecule has 3 amide bonds. The van der Waals surface area contributed by atoms with E-state index in [0.29, 0.717) is 5.75 Å². The van der Waals surface area contributed by atoms with Crippen LogP contribution in [0.1, 0.15) is 15.9 Å². The van der Waals surface area contributed by atoms with Crippen LogP contribution in [0.2, 0.25) is 0 Å². The number of hydrogen-bond donors (Lipinski definition) is 3. The summed E-state index contributed by atoms with van der Waals surface area (Å²) in [6.45, 7) is 0.178. The minimum Gasteiger partial charge on any atom is -0.481 e. The summed E-state index contributed by atoms with van der Waals surface area (Å²) in [5.41, 5.74) is 2.52. The van der Waals surface area contributed by atoms with Crippen molar-refractivity contribution in [2.75, 3.05) is 20.7 Å². The van der Waals surface area contributed by atoms with E-state index < -0.39 is 23.8 Å². The lowest BCUT2D eigenvalue weighted by Gasteiger charge is -2.25. The van der Waals surface area contributed by atoms with Gasteiger partial charge in [-0.2, -0.15) is 0 Å². The Kier molecular flexibility index (Phi) is 7.77. The molecule has 2 rings (SSSR count). The number of hydroxylamine groups is 1. The SMILES string of the molecule is CNC(=O)C(C(=O)NO)N(C)C(=O)c1ccc(OCC#Cc2ccccc2)cc1. The van der Waals surface area contributed by atoms with E-state index in [1.165, 1.54) is 31.7 Å². The van der Waals surface area contributed by atoms with Crippen molar-refractivity contribution in [3.63, 3.8) is 0 Å². The van der Waals surface area contributed by atoms with Crippen LogP contribution in [0.4, 0.5) is 0 Å². The Morgan fingerprint density at radius 2 is 1.72 bits per heavy atom. The molecule has 0 aliphatic heterocycles. The lowest BCUT2D eigenvalue weighted by atomic mass is 10.1. The molecule has 150 valence electrons. The molecule has 8 heteroatoms. The van der Waals surface area contributed by atoms with Crippen LogP contribution in [-0.2, 0) is 9.59 Å². The summed E-state index contributed by atoms with van der Waals surface area (Å²) in [7, 11) is 2.62. The number of nitrogens with zero attached hydrogens (tertiary/aromatic N) is 1. The number of nitrogens with one attached hydrogen (secondary N) is 2. The van der Waals surface area contributed by atoms with Crippen molar-refractivity contribution in [1.82, 2.24) is 15.7 Å². The number of carbonyl (C=O) groups excluding carboxylic acids is 3. The van der Waals surface area contributed by atoms with Crippen molar-refractivity contribution in [2.24, 2.45) is 0 Å². The Hall–Kier alpha value is -3.83. The fourth-order valence-electron chi connectivity index (χ4n) is 2.46. The van der Waals surface area contributed by atoms with Crippen LogP contribution in [-0.4, -0.2) is 54.6 Å². The number of rotatable bonds is 6. The van der Waals surface area contributed by atoms with E-state index >= 15 is 0 Å². The zero-order chi connectivity index (χ0) is 21.2. The van der Waals surface area contributed by atoms with Crippen molar-refractivity contribution in [3.05, 3.63) is 65.7 Å². The van der Waals surface area contributed by atoms with Crippen LogP contribution < -0.4 is 15.5 Å². The summed E-state index contributed by atoms with van der Waals surface area (Å²) < 4.78 is 5.52. The Morgan fingerprint density at radius 3 is 2.31 bits per heavy atom. The molecule has 0 aliphatic rings. The van der Waals surface area contributed by atoms with Gasteiger partial charge in [0.2, 0.25) is 0 Å². The first-order valence-corrected chi connectivity index (χ1v) is 8.67. The maximum atomic E-state index is 12.6. The monoisotopic (exact) mass is 395 g/mol. The topological polar surface area (TPSA) is 108 Å². The number of likely N-dealkylation sites (N-methyl/N-ethyl adjacent to an activating group) is 2. The molecule has 0 heterocycles. The first-order valence-electron chi connectivity index (χ1n) is 8.67. The van der Waals surface area contributed by atoms with Gasteiger partial charge in [0, 0.05) is 25.2 Å². The molecule has 0 bridgehead atoms. The van der Waals surface area contributed by atoms with Gasteiger partial charge >= 0.3 is 0 Å². The molecule has 1 unspecified atom stereocenters. The Labute approximate surface area is 168 Å². The third-order valence-electron chi connectivity index (χ3n) is 3.98. The van der Waals surface area contributed by atoms with Crippen molar-refractivity contribution in [1.29, 1.82) is 0 Å². The number of ether oxygens (including phenoxy) is 1. The highest BCUT2D eigenvalue weighted by Crippen LogP contribution is 2.14. The molecule has 3 N–H and O–H groups in total. The first-order chi connectivity index (χ1) is 14.0. The fraction of sp³-hybridized carbons (Fsp3) is 0.190. The third-order valence-corrected chi connectivity index (χ3v) is 3.98. The molecule has 0 spiro atoms. The molecule has 0 saturated carbocycles. The minimum absolute atomic E-state index is 0.178. The lowest BCUT2D eigenvalue weighted by Crippen LogP contribution is -2.54. The lowest BCUT2D eigenvalue weighted by molar-refractivity contribution is -0.140. The van der Waals surface area contributed by atoms with Gasteiger partial charge in [0.25, 0.3) is 17.7 Å². The predicted molar refractivity (Wildman–Crippen MR) is 105 cm³/mol. The van der Waals surface area contributed by atoms with Crippen molar-refractivity contribution in [2.45, 2.75) is 6.04 Å². The standard InChI is InChI=1S/C21H21N3O5/c1-22-19(25)18(20(26)23-28)24(2)21(27)16-10-12-17(13-11-16)29-14-6-9-15-7-4-3-5-8-15/h3-5,7-8,10-13,18,28H,14H2,1-2H3,(H,22,25)(H,23,26). The second kappa shape index (κ2) is 10.5. The second-order valence-corrected chi connectivity index (χ2v) is 5.89. The third kappa shape index (κ3) is 5.82. The van der Waals surface area contributed by atoms with Crippen molar-refractivity contribution in [3.8, 4) is 17.6 Å². The summed E-state index contributed by atoms with van der Waals surface area (Å²) in [4.78, 5) is 37.1. The molecule has 0 radical (unpaired) electrons. The first kappa shape index (κ1) is 21.5.